The van der Waals surface area contributed by atoms with Crippen molar-refractivity contribution in [1.82, 2.24) is 15.3 Å². The van der Waals surface area contributed by atoms with Crippen molar-refractivity contribution >= 4 is 16.8 Å². The quantitative estimate of drug-likeness (QED) is 0.761. The van der Waals surface area contributed by atoms with Gasteiger partial charge < -0.3 is 10.3 Å². The number of carbonyl (C=O) groups excluding carboxylic acids is 1. The maximum atomic E-state index is 12.2. The zero-order valence-corrected chi connectivity index (χ0v) is 11.0. The van der Waals surface area contributed by atoms with Gasteiger partial charge in [0.25, 0.3) is 5.91 Å². The largest absolute Gasteiger partial charge is 0.361 e. The molecule has 0 saturated carbocycles. The fourth-order valence-corrected chi connectivity index (χ4v) is 2.22. The number of para-hydroxylation sites is 1. The van der Waals surface area contributed by atoms with E-state index in [4.69, 9.17) is 0 Å². The normalized spacial score (nSPS) is 10.6. The standard InChI is InChI=1S/C16H15N3O/c20-16(19-11-8-13-5-1-2-9-17-13)14-6-3-4-12-7-10-18-15(12)14/h1-7,9-10,18H,8,11H2,(H,19,20). The highest BCUT2D eigenvalue weighted by atomic mass is 16.1. The third kappa shape index (κ3) is 2.54. The molecule has 4 heteroatoms. The Morgan fingerprint density at radius 1 is 1.15 bits per heavy atom. The zero-order valence-electron chi connectivity index (χ0n) is 11.0. The van der Waals surface area contributed by atoms with Gasteiger partial charge in [0.15, 0.2) is 0 Å². The molecular weight excluding hydrogens is 250 g/mol. The molecule has 0 radical (unpaired) electrons. The Labute approximate surface area is 116 Å². The van der Waals surface area contributed by atoms with Gasteiger partial charge in [-0.1, -0.05) is 18.2 Å². The summed E-state index contributed by atoms with van der Waals surface area (Å²) in [6.07, 6.45) is 4.33. The van der Waals surface area contributed by atoms with Crippen molar-refractivity contribution < 1.29 is 4.79 Å². The molecule has 1 aromatic carbocycles. The number of nitrogens with one attached hydrogen (secondary N) is 2. The van der Waals surface area contributed by atoms with E-state index >= 15 is 0 Å². The number of hydrogen-bond acceptors (Lipinski definition) is 2. The second-order valence-electron chi connectivity index (χ2n) is 4.57. The summed E-state index contributed by atoms with van der Waals surface area (Å²) >= 11 is 0. The number of aromatic amines is 1. The van der Waals surface area contributed by atoms with Gasteiger partial charge in [-0.05, 0) is 24.3 Å². The van der Waals surface area contributed by atoms with Crippen LogP contribution in [0.2, 0.25) is 0 Å². The number of nitrogens with zero attached hydrogens (tertiary/aromatic N) is 1. The fraction of sp³-hybridized carbons (Fsp3) is 0.125. The lowest BCUT2D eigenvalue weighted by atomic mass is 10.1. The average Bonchev–Trinajstić information content (AvgIpc) is 2.96. The molecular formula is C16H15N3O. The molecule has 20 heavy (non-hydrogen) atoms. The Morgan fingerprint density at radius 2 is 2.10 bits per heavy atom. The maximum Gasteiger partial charge on any atom is 0.253 e. The Bertz CT molecular complexity index is 719. The van der Waals surface area contributed by atoms with Crippen LogP contribution in [-0.4, -0.2) is 22.4 Å². The molecule has 0 aliphatic carbocycles. The minimum Gasteiger partial charge on any atom is -0.361 e. The first-order valence-corrected chi connectivity index (χ1v) is 6.59. The lowest BCUT2D eigenvalue weighted by Crippen LogP contribution is -2.26. The smallest absolute Gasteiger partial charge is 0.253 e. The number of fused-ring (bicyclic) bond motifs is 1. The molecule has 0 aliphatic rings. The summed E-state index contributed by atoms with van der Waals surface area (Å²) in [5.41, 5.74) is 2.53. The van der Waals surface area contributed by atoms with Gasteiger partial charge in [-0.25, -0.2) is 0 Å². The highest BCUT2D eigenvalue weighted by molar-refractivity contribution is 6.05. The van der Waals surface area contributed by atoms with Crippen LogP contribution in [0, 0.1) is 0 Å². The highest BCUT2D eigenvalue weighted by Crippen LogP contribution is 2.16. The van der Waals surface area contributed by atoms with Crippen LogP contribution in [0.25, 0.3) is 10.9 Å². The van der Waals surface area contributed by atoms with Gasteiger partial charge in [-0.3, -0.25) is 9.78 Å². The molecule has 0 atom stereocenters. The number of H-pyrrole nitrogens is 1. The van der Waals surface area contributed by atoms with Crippen LogP contribution >= 0.6 is 0 Å². The number of benzene rings is 1. The first kappa shape index (κ1) is 12.4. The Morgan fingerprint density at radius 3 is 2.95 bits per heavy atom. The third-order valence-electron chi connectivity index (χ3n) is 3.22. The van der Waals surface area contributed by atoms with E-state index in [1.807, 2.05) is 48.7 Å². The van der Waals surface area contributed by atoms with Crippen LogP contribution in [0.4, 0.5) is 0 Å². The van der Waals surface area contributed by atoms with Crippen LogP contribution < -0.4 is 5.32 Å². The number of hydrogen-bond donors (Lipinski definition) is 2. The first-order chi connectivity index (χ1) is 9.84. The van der Waals surface area contributed by atoms with Crippen LogP contribution in [0.3, 0.4) is 0 Å². The number of carbonyl (C=O) groups is 1. The predicted molar refractivity (Wildman–Crippen MR) is 78.6 cm³/mol. The topological polar surface area (TPSA) is 57.8 Å². The summed E-state index contributed by atoms with van der Waals surface area (Å²) < 4.78 is 0. The van der Waals surface area contributed by atoms with E-state index in [9.17, 15) is 4.79 Å². The van der Waals surface area contributed by atoms with Crippen LogP contribution in [0.15, 0.2) is 54.9 Å². The number of rotatable bonds is 4. The number of pyridine rings is 1. The SMILES string of the molecule is O=C(NCCc1ccccn1)c1cccc2cc[nH]c12. The second kappa shape index (κ2) is 5.57. The summed E-state index contributed by atoms with van der Waals surface area (Å²) in [5.74, 6) is -0.0611. The molecule has 1 amide bonds. The number of aromatic nitrogens is 2. The van der Waals surface area contributed by atoms with Crippen molar-refractivity contribution in [3.05, 3.63) is 66.1 Å². The van der Waals surface area contributed by atoms with E-state index in [0.29, 0.717) is 12.1 Å². The van der Waals surface area contributed by atoms with E-state index in [2.05, 4.69) is 15.3 Å². The summed E-state index contributed by atoms with van der Waals surface area (Å²) in [7, 11) is 0. The molecule has 4 nitrogen and oxygen atoms in total. The summed E-state index contributed by atoms with van der Waals surface area (Å²) in [6.45, 7) is 0.576. The van der Waals surface area contributed by atoms with Crippen molar-refractivity contribution in [2.45, 2.75) is 6.42 Å². The molecule has 3 rings (SSSR count). The van der Waals surface area contributed by atoms with Crippen molar-refractivity contribution in [3.63, 3.8) is 0 Å². The summed E-state index contributed by atoms with van der Waals surface area (Å²) in [5, 5.41) is 3.97. The lowest BCUT2D eigenvalue weighted by Gasteiger charge is -2.06. The molecule has 0 aliphatic heterocycles. The molecule has 2 aromatic heterocycles. The van der Waals surface area contributed by atoms with Crippen LogP contribution in [-0.2, 0) is 6.42 Å². The summed E-state index contributed by atoms with van der Waals surface area (Å²) in [4.78, 5) is 19.5. The molecule has 0 fully saturated rings. The molecule has 3 aromatic rings. The molecule has 0 saturated heterocycles. The van der Waals surface area contributed by atoms with Gasteiger partial charge in [0.1, 0.15) is 0 Å². The van der Waals surface area contributed by atoms with E-state index in [1.54, 1.807) is 6.20 Å². The van der Waals surface area contributed by atoms with Crippen molar-refractivity contribution in [2.75, 3.05) is 6.54 Å². The van der Waals surface area contributed by atoms with Gasteiger partial charge >= 0.3 is 0 Å². The lowest BCUT2D eigenvalue weighted by molar-refractivity contribution is 0.0955. The van der Waals surface area contributed by atoms with Crippen LogP contribution in [0.1, 0.15) is 16.1 Å². The van der Waals surface area contributed by atoms with Crippen molar-refractivity contribution in [3.8, 4) is 0 Å². The maximum absolute atomic E-state index is 12.2. The first-order valence-electron chi connectivity index (χ1n) is 6.59. The van der Waals surface area contributed by atoms with Crippen molar-refractivity contribution in [1.29, 1.82) is 0 Å². The predicted octanol–water partition coefficient (Wildman–Crippen LogP) is 2.54. The molecule has 0 unspecified atom stereocenters. The zero-order chi connectivity index (χ0) is 13.8. The van der Waals surface area contributed by atoms with E-state index < -0.39 is 0 Å². The van der Waals surface area contributed by atoms with Crippen molar-refractivity contribution in [2.24, 2.45) is 0 Å². The Kier molecular flexibility index (Phi) is 3.46. The second-order valence-corrected chi connectivity index (χ2v) is 4.57. The van der Waals surface area contributed by atoms with Crippen LogP contribution in [0.5, 0.6) is 0 Å². The molecule has 0 spiro atoms. The molecule has 100 valence electrons. The minimum absolute atomic E-state index is 0.0611. The molecule has 2 heterocycles. The Hall–Kier alpha value is -2.62. The average molecular weight is 265 g/mol. The highest BCUT2D eigenvalue weighted by Gasteiger charge is 2.09. The molecule has 0 bridgehead atoms. The molecule has 2 N–H and O–H groups in total. The van der Waals surface area contributed by atoms with Gasteiger partial charge in [-0.2, -0.15) is 0 Å². The van der Waals surface area contributed by atoms with E-state index in [1.165, 1.54) is 0 Å². The summed E-state index contributed by atoms with van der Waals surface area (Å²) in [6, 6.07) is 13.4. The Balaban J connectivity index is 1.66. The van der Waals surface area contributed by atoms with Gasteiger partial charge in [-0.15, -0.1) is 0 Å². The van der Waals surface area contributed by atoms with Gasteiger partial charge in [0.2, 0.25) is 0 Å². The monoisotopic (exact) mass is 265 g/mol. The van der Waals surface area contributed by atoms with E-state index in [0.717, 1.165) is 23.0 Å². The minimum atomic E-state index is -0.0611. The third-order valence-corrected chi connectivity index (χ3v) is 3.22. The fourth-order valence-electron chi connectivity index (χ4n) is 2.22. The van der Waals surface area contributed by atoms with Gasteiger partial charge in [0, 0.05) is 36.4 Å². The number of amides is 1. The van der Waals surface area contributed by atoms with E-state index in [-0.39, 0.29) is 5.91 Å². The van der Waals surface area contributed by atoms with Gasteiger partial charge in [0.05, 0.1) is 11.1 Å².